The van der Waals surface area contributed by atoms with E-state index < -0.39 is 0 Å². The molecule has 1 aromatic heterocycles. The minimum atomic E-state index is 0. The first kappa shape index (κ1) is 22.1. The summed E-state index contributed by atoms with van der Waals surface area (Å²) in [6, 6.07) is 4.36. The smallest absolute Gasteiger partial charge is 0.255 e. The molecule has 0 unspecified atom stereocenters. The number of rotatable bonds is 2. The van der Waals surface area contributed by atoms with E-state index in [-0.39, 0.29) is 30.4 Å². The fraction of sp³-hybridized carbons (Fsp3) is 0.762. The second-order valence-electron chi connectivity index (χ2n) is 9.42. The van der Waals surface area contributed by atoms with Gasteiger partial charge in [-0.3, -0.25) is 9.69 Å². The number of pyridine rings is 1. The van der Waals surface area contributed by atoms with Gasteiger partial charge in [0.25, 0.3) is 5.56 Å². The van der Waals surface area contributed by atoms with Gasteiger partial charge in [-0.1, -0.05) is 6.07 Å². The molecule has 28 heavy (non-hydrogen) atoms. The zero-order valence-corrected chi connectivity index (χ0v) is 18.5. The highest BCUT2D eigenvalue weighted by molar-refractivity contribution is 5.85. The highest BCUT2D eigenvalue weighted by Gasteiger charge is 2.39. The first-order valence-corrected chi connectivity index (χ1v) is 10.5. The molecule has 0 aromatic carbocycles. The van der Waals surface area contributed by atoms with Gasteiger partial charge < -0.3 is 14.8 Å². The van der Waals surface area contributed by atoms with Crippen molar-refractivity contribution in [3.05, 3.63) is 33.7 Å². The quantitative estimate of drug-likeness (QED) is 0.784. The van der Waals surface area contributed by atoms with Crippen LogP contribution in [0.5, 0.6) is 0 Å². The summed E-state index contributed by atoms with van der Waals surface area (Å²) in [5.74, 6) is 1.15. The molecule has 0 aliphatic carbocycles. The standard InChI is InChI=1S/C21H32N4O.2ClH/c1-23-7-4-21(15-23)5-8-24(9-6-21)14-17-2-3-19-18-10-16(11-22-12-18)13-25(19)20(17)26;;/h2-3,16,18,22H,4-15H2,1H3;2*1H/t16-,18+;;/m0../s1. The predicted octanol–water partition coefficient (Wildman–Crippen LogP) is 2.32. The Kier molecular flexibility index (Phi) is 6.83. The van der Waals surface area contributed by atoms with E-state index >= 15 is 0 Å². The first-order valence-electron chi connectivity index (χ1n) is 10.5. The van der Waals surface area contributed by atoms with Crippen molar-refractivity contribution in [3.63, 3.8) is 0 Å². The molecule has 1 spiro atoms. The zero-order chi connectivity index (χ0) is 17.7. The lowest BCUT2D eigenvalue weighted by atomic mass is 9.77. The van der Waals surface area contributed by atoms with Gasteiger partial charge in [0, 0.05) is 43.4 Å². The van der Waals surface area contributed by atoms with E-state index in [1.807, 2.05) is 0 Å². The van der Waals surface area contributed by atoms with Crippen LogP contribution < -0.4 is 10.9 Å². The molecule has 3 fully saturated rings. The predicted molar refractivity (Wildman–Crippen MR) is 118 cm³/mol. The normalized spacial score (nSPS) is 29.0. The number of nitrogens with zero attached hydrogens (tertiary/aromatic N) is 3. The van der Waals surface area contributed by atoms with Gasteiger partial charge in [-0.2, -0.15) is 0 Å². The number of halogens is 2. The molecule has 3 saturated heterocycles. The molecule has 2 bridgehead atoms. The summed E-state index contributed by atoms with van der Waals surface area (Å²) in [6.45, 7) is 8.63. The molecular weight excluding hydrogens is 395 g/mol. The van der Waals surface area contributed by atoms with Crippen LogP contribution in [0.3, 0.4) is 0 Å². The minimum absolute atomic E-state index is 0. The lowest BCUT2D eigenvalue weighted by molar-refractivity contribution is 0.105. The molecule has 0 amide bonds. The van der Waals surface area contributed by atoms with Crippen molar-refractivity contribution < 1.29 is 0 Å². The van der Waals surface area contributed by atoms with Crippen molar-refractivity contribution in [1.29, 1.82) is 0 Å². The van der Waals surface area contributed by atoms with Gasteiger partial charge in [0.2, 0.25) is 0 Å². The molecule has 0 saturated carbocycles. The van der Waals surface area contributed by atoms with Crippen LogP contribution in [0.1, 0.15) is 42.9 Å². The topological polar surface area (TPSA) is 40.5 Å². The van der Waals surface area contributed by atoms with Crippen LogP contribution >= 0.6 is 24.8 Å². The van der Waals surface area contributed by atoms with Crippen molar-refractivity contribution in [2.75, 3.05) is 46.3 Å². The maximum atomic E-state index is 13.1. The van der Waals surface area contributed by atoms with Crippen molar-refractivity contribution in [2.45, 2.75) is 44.7 Å². The molecular formula is C21H34Cl2N4O. The molecule has 1 N–H and O–H groups in total. The van der Waals surface area contributed by atoms with Gasteiger partial charge in [0.1, 0.15) is 0 Å². The van der Waals surface area contributed by atoms with E-state index in [1.165, 1.54) is 44.5 Å². The van der Waals surface area contributed by atoms with Gasteiger partial charge in [-0.15, -0.1) is 24.8 Å². The third kappa shape index (κ3) is 4.01. The summed E-state index contributed by atoms with van der Waals surface area (Å²) in [7, 11) is 2.25. The Labute approximate surface area is 180 Å². The second-order valence-corrected chi connectivity index (χ2v) is 9.42. The third-order valence-corrected chi connectivity index (χ3v) is 7.53. The van der Waals surface area contributed by atoms with E-state index in [2.05, 4.69) is 38.9 Å². The Hall–Kier alpha value is -0.590. The van der Waals surface area contributed by atoms with E-state index in [4.69, 9.17) is 0 Å². The van der Waals surface area contributed by atoms with Gasteiger partial charge in [-0.25, -0.2) is 0 Å². The monoisotopic (exact) mass is 428 g/mol. The average molecular weight is 429 g/mol. The summed E-state index contributed by atoms with van der Waals surface area (Å²) in [5, 5.41) is 3.53. The maximum absolute atomic E-state index is 13.1. The highest BCUT2D eigenvalue weighted by atomic mass is 35.5. The third-order valence-electron chi connectivity index (χ3n) is 7.53. The van der Waals surface area contributed by atoms with Gasteiger partial charge in [0.15, 0.2) is 0 Å². The molecule has 5 heterocycles. The van der Waals surface area contributed by atoms with E-state index in [0.717, 1.165) is 44.8 Å². The van der Waals surface area contributed by atoms with E-state index in [0.29, 0.717) is 17.3 Å². The van der Waals surface area contributed by atoms with Crippen LogP contribution in [0.15, 0.2) is 16.9 Å². The average Bonchev–Trinajstić information content (AvgIpc) is 3.01. The van der Waals surface area contributed by atoms with Gasteiger partial charge in [0.05, 0.1) is 0 Å². The largest absolute Gasteiger partial charge is 0.316 e. The molecule has 0 radical (unpaired) electrons. The molecule has 4 aliphatic heterocycles. The number of hydrogen-bond acceptors (Lipinski definition) is 4. The number of fused-ring (bicyclic) bond motifs is 4. The molecule has 4 aliphatic rings. The Bertz CT molecular complexity index is 744. The number of likely N-dealkylation sites (tertiary alicyclic amines) is 2. The fourth-order valence-corrected chi connectivity index (χ4v) is 5.95. The second kappa shape index (κ2) is 8.65. The van der Waals surface area contributed by atoms with E-state index in [1.54, 1.807) is 0 Å². The fourth-order valence-electron chi connectivity index (χ4n) is 5.95. The van der Waals surface area contributed by atoms with Crippen LogP contribution in [0.25, 0.3) is 0 Å². The molecule has 2 atom stereocenters. The zero-order valence-electron chi connectivity index (χ0n) is 16.9. The summed E-state index contributed by atoms with van der Waals surface area (Å²) in [5.41, 5.74) is 3.09. The van der Waals surface area contributed by atoms with Crippen LogP contribution in [0.4, 0.5) is 0 Å². The maximum Gasteiger partial charge on any atom is 0.255 e. The van der Waals surface area contributed by atoms with Crippen molar-refractivity contribution in [2.24, 2.45) is 11.3 Å². The van der Waals surface area contributed by atoms with Crippen LogP contribution in [-0.2, 0) is 13.1 Å². The number of hydrogen-bond donors (Lipinski definition) is 1. The van der Waals surface area contributed by atoms with Crippen LogP contribution in [-0.4, -0.2) is 60.7 Å². The SMILES string of the molecule is CN1CCC2(CCN(Cc3ccc4n(c3=O)C[C@@H]3CNC[C@H]4C3)CC2)C1.Cl.Cl. The number of nitrogens with one attached hydrogen (secondary N) is 1. The molecule has 158 valence electrons. The first-order chi connectivity index (χ1) is 12.6. The number of piperidine rings is 2. The molecule has 1 aromatic rings. The summed E-state index contributed by atoms with van der Waals surface area (Å²) >= 11 is 0. The molecule has 5 nitrogen and oxygen atoms in total. The Balaban J connectivity index is 0.00000112. The number of aromatic nitrogens is 1. The van der Waals surface area contributed by atoms with Gasteiger partial charge in [-0.05, 0) is 76.3 Å². The Morgan fingerprint density at radius 2 is 1.86 bits per heavy atom. The van der Waals surface area contributed by atoms with Crippen molar-refractivity contribution in [1.82, 2.24) is 19.7 Å². The van der Waals surface area contributed by atoms with Crippen LogP contribution in [0, 0.1) is 11.3 Å². The lowest BCUT2D eigenvalue weighted by Gasteiger charge is -2.40. The summed E-state index contributed by atoms with van der Waals surface area (Å²) in [6.07, 6.45) is 5.18. The van der Waals surface area contributed by atoms with Gasteiger partial charge >= 0.3 is 0 Å². The summed E-state index contributed by atoms with van der Waals surface area (Å²) in [4.78, 5) is 18.1. The molecule has 7 heteroatoms. The lowest BCUT2D eigenvalue weighted by Crippen LogP contribution is -2.46. The highest BCUT2D eigenvalue weighted by Crippen LogP contribution is 2.40. The van der Waals surface area contributed by atoms with Crippen molar-refractivity contribution >= 4 is 24.8 Å². The van der Waals surface area contributed by atoms with E-state index in [9.17, 15) is 4.79 Å². The Morgan fingerprint density at radius 3 is 2.57 bits per heavy atom. The molecule has 5 rings (SSSR count). The summed E-state index contributed by atoms with van der Waals surface area (Å²) < 4.78 is 2.10. The van der Waals surface area contributed by atoms with Crippen molar-refractivity contribution in [3.8, 4) is 0 Å². The Morgan fingerprint density at radius 1 is 1.11 bits per heavy atom. The minimum Gasteiger partial charge on any atom is -0.316 e. The van der Waals surface area contributed by atoms with Crippen LogP contribution in [0.2, 0.25) is 0 Å².